The van der Waals surface area contributed by atoms with Crippen molar-refractivity contribution in [2.75, 3.05) is 0 Å². The van der Waals surface area contributed by atoms with Crippen molar-refractivity contribution in [1.29, 1.82) is 0 Å². The lowest BCUT2D eigenvalue weighted by atomic mass is 10.1. The largest absolute Gasteiger partial charge is 0.264 e. The predicted molar refractivity (Wildman–Crippen MR) is 337 cm³/mol. The fourth-order valence-corrected chi connectivity index (χ4v) is 8.81. The Bertz CT molecular complexity index is 3670. The molecule has 81 heavy (non-hydrogen) atoms. The first-order valence-electron chi connectivity index (χ1n) is 26.8. The van der Waals surface area contributed by atoms with Crippen molar-refractivity contribution in [2.24, 2.45) is 0 Å². The number of benzene rings is 6. The molecule has 0 bridgehead atoms. The van der Waals surface area contributed by atoms with Crippen LogP contribution in [0, 0.1) is 48.5 Å². The number of pyridine rings is 7. The Morgan fingerprint density at radius 1 is 0.247 bits per heavy atom. The molecule has 0 fully saturated rings. The maximum atomic E-state index is 4.35. The number of nitrogens with zero attached hydrogens (tertiary/aromatic N) is 9. The van der Waals surface area contributed by atoms with Crippen molar-refractivity contribution in [2.45, 2.75) is 48.5 Å². The number of rotatable bonds is 2. The number of aromatic nitrogens is 9. The van der Waals surface area contributed by atoms with Gasteiger partial charge in [0.1, 0.15) is 6.33 Å². The summed E-state index contributed by atoms with van der Waals surface area (Å²) in [4.78, 5) is 37.9. The summed E-state index contributed by atoms with van der Waals surface area (Å²) in [6.07, 6.45) is 16.3. The van der Waals surface area contributed by atoms with Gasteiger partial charge in [-0.2, -0.15) is 0 Å². The molecule has 0 N–H and O–H groups in total. The Hall–Kier alpha value is -10.3. The zero-order valence-electron chi connectivity index (χ0n) is 46.9. The van der Waals surface area contributed by atoms with E-state index < -0.39 is 0 Å². The first-order chi connectivity index (χ1) is 39.6. The second-order valence-corrected chi connectivity index (χ2v) is 19.0. The molecule has 6 aromatic carbocycles. The molecule has 0 aliphatic rings. The zero-order chi connectivity index (χ0) is 56.6. The van der Waals surface area contributed by atoms with E-state index in [9.17, 15) is 0 Å². The van der Waals surface area contributed by atoms with E-state index >= 15 is 0 Å². The van der Waals surface area contributed by atoms with Crippen LogP contribution >= 0.6 is 0 Å². The minimum Gasteiger partial charge on any atom is -0.264 e. The van der Waals surface area contributed by atoms with Crippen LogP contribution in [0.3, 0.4) is 0 Å². The molecule has 0 radical (unpaired) electrons. The number of hydrogen-bond donors (Lipinski definition) is 0. The monoisotopic (exact) mass is 1060 g/mol. The van der Waals surface area contributed by atoms with Crippen LogP contribution in [-0.2, 0) is 0 Å². The van der Waals surface area contributed by atoms with Gasteiger partial charge in [0.25, 0.3) is 0 Å². The van der Waals surface area contributed by atoms with E-state index in [0.717, 1.165) is 56.0 Å². The standard InChI is InChI=1S/C12H11N.C11H10N2.4C10H9N.C9H8N2/c1-10-6-5-9-13-12(10)11-7-3-2-4-8-11;1-9-5-4-8-13-11(9)10-6-2-3-7-12-10;1-8-4-2-6-10-9(8)5-3-7-11-10;1-8-6-11-7-9-4-2-3-5-10(8)9;1-8-10-5-3-2-4-9(10)6-7-11-8;1-8-6-7-11-10-5-3-2-4-9(8)10;1-7-8-4-2-3-5-9(8)11-6-10-7/h2-9H,1H3;2-8H,1H3;4*2-7H,1H3;2-6H,1H3. The summed E-state index contributed by atoms with van der Waals surface area (Å²) in [6.45, 7) is 14.4. The Morgan fingerprint density at radius 3 is 1.40 bits per heavy atom. The molecule has 0 amide bonds. The third kappa shape index (κ3) is 16.2. The van der Waals surface area contributed by atoms with E-state index in [1.807, 2.05) is 204 Å². The summed E-state index contributed by atoms with van der Waals surface area (Å²) in [5.41, 5.74) is 15.6. The molecule has 9 nitrogen and oxygen atoms in total. The van der Waals surface area contributed by atoms with E-state index in [4.69, 9.17) is 0 Å². The molecule has 8 aromatic heterocycles. The molecule has 398 valence electrons. The van der Waals surface area contributed by atoms with E-state index in [-0.39, 0.29) is 0 Å². The molecule has 14 rings (SSSR count). The average Bonchev–Trinajstić information content (AvgIpc) is 3.52. The second-order valence-electron chi connectivity index (χ2n) is 19.0. The molecule has 0 spiro atoms. The SMILES string of the molecule is Cc1cccc2ncccc12.Cc1cccnc1-c1ccccc1.Cc1cccnc1-c1ccccn1.Cc1ccnc2ccccc12.Cc1cncc2ccccc12.Cc1nccc2ccccc12.Cc1ncnc2ccccc12. The van der Waals surface area contributed by atoms with E-state index in [1.165, 1.54) is 60.1 Å². The van der Waals surface area contributed by atoms with Gasteiger partial charge in [0.15, 0.2) is 0 Å². The molecule has 0 aliphatic heterocycles. The lowest BCUT2D eigenvalue weighted by Crippen LogP contribution is -1.88. The van der Waals surface area contributed by atoms with Gasteiger partial charge < -0.3 is 0 Å². The van der Waals surface area contributed by atoms with Crippen LogP contribution in [0.15, 0.2) is 268 Å². The quantitative estimate of drug-likeness (QED) is 0.167. The number of hydrogen-bond acceptors (Lipinski definition) is 9. The maximum absolute atomic E-state index is 4.35. The van der Waals surface area contributed by atoms with Crippen LogP contribution in [0.5, 0.6) is 0 Å². The summed E-state index contributed by atoms with van der Waals surface area (Å²) in [7, 11) is 0. The van der Waals surface area contributed by atoms with Crippen molar-refractivity contribution in [3.05, 3.63) is 307 Å². The van der Waals surface area contributed by atoms with Gasteiger partial charge in [0.2, 0.25) is 0 Å². The third-order valence-electron chi connectivity index (χ3n) is 13.2. The minimum absolute atomic E-state index is 0.931. The first-order valence-corrected chi connectivity index (χ1v) is 26.8. The molecule has 0 unspecified atom stereocenters. The van der Waals surface area contributed by atoms with E-state index in [0.29, 0.717) is 0 Å². The highest BCUT2D eigenvalue weighted by Crippen LogP contribution is 2.21. The topological polar surface area (TPSA) is 116 Å². The smallest absolute Gasteiger partial charge is 0.116 e. The van der Waals surface area contributed by atoms with Gasteiger partial charge in [-0.25, -0.2) is 9.97 Å². The summed E-state index contributed by atoms with van der Waals surface area (Å²) in [5, 5.41) is 8.64. The first kappa shape index (κ1) is 56.9. The minimum atomic E-state index is 0.931. The zero-order valence-corrected chi connectivity index (χ0v) is 46.9. The molecule has 0 saturated heterocycles. The Balaban J connectivity index is 0.000000124. The van der Waals surface area contributed by atoms with E-state index in [1.54, 1.807) is 18.7 Å². The van der Waals surface area contributed by atoms with Gasteiger partial charge in [0, 0.05) is 93.5 Å². The Kier molecular flexibility index (Phi) is 20.7. The van der Waals surface area contributed by atoms with Gasteiger partial charge >= 0.3 is 0 Å². The van der Waals surface area contributed by atoms with Crippen molar-refractivity contribution in [3.8, 4) is 22.6 Å². The fourth-order valence-electron chi connectivity index (χ4n) is 8.81. The van der Waals surface area contributed by atoms with Gasteiger partial charge in [0.05, 0.1) is 33.6 Å². The average molecular weight is 1060 g/mol. The molecular weight excluding hydrogens is 991 g/mol. The summed E-state index contributed by atoms with van der Waals surface area (Å²) >= 11 is 0. The van der Waals surface area contributed by atoms with Crippen molar-refractivity contribution >= 4 is 54.3 Å². The number of fused-ring (bicyclic) bond motifs is 5. The highest BCUT2D eigenvalue weighted by molar-refractivity contribution is 5.85. The summed E-state index contributed by atoms with van der Waals surface area (Å²) < 4.78 is 0. The highest BCUT2D eigenvalue weighted by Gasteiger charge is 2.03. The number of aryl methyl sites for hydroxylation is 7. The Morgan fingerprint density at radius 2 is 0.741 bits per heavy atom. The predicted octanol–water partition coefficient (Wildman–Crippen LogP) is 17.6. The van der Waals surface area contributed by atoms with Gasteiger partial charge in [-0.1, -0.05) is 152 Å². The second kappa shape index (κ2) is 29.5. The summed E-state index contributed by atoms with van der Waals surface area (Å²) in [6, 6.07) is 71.1. The molecule has 0 saturated carbocycles. The van der Waals surface area contributed by atoms with Gasteiger partial charge in [-0.05, 0) is 148 Å². The number of para-hydroxylation sites is 2. The van der Waals surface area contributed by atoms with Crippen LogP contribution in [0.4, 0.5) is 0 Å². The Labute approximate surface area is 475 Å². The molecule has 9 heteroatoms. The molecule has 8 heterocycles. The third-order valence-corrected chi connectivity index (χ3v) is 13.2. The van der Waals surface area contributed by atoms with Crippen molar-refractivity contribution in [3.63, 3.8) is 0 Å². The highest BCUT2D eigenvalue weighted by atomic mass is 14.8. The van der Waals surface area contributed by atoms with E-state index in [2.05, 4.69) is 139 Å². The normalized spacial score (nSPS) is 10.2. The fraction of sp³-hybridized carbons (Fsp3) is 0.0972. The lowest BCUT2D eigenvalue weighted by molar-refractivity contribution is 1.15. The summed E-state index contributed by atoms with van der Waals surface area (Å²) in [5.74, 6) is 0. The van der Waals surface area contributed by atoms with Crippen molar-refractivity contribution in [1.82, 2.24) is 44.9 Å². The molecular formula is C72H65N9. The van der Waals surface area contributed by atoms with Crippen LogP contribution in [0.1, 0.15) is 39.2 Å². The van der Waals surface area contributed by atoms with Crippen LogP contribution < -0.4 is 0 Å². The molecule has 0 atom stereocenters. The molecule has 0 aliphatic carbocycles. The molecule has 14 aromatic rings. The van der Waals surface area contributed by atoms with Gasteiger partial charge in [-0.15, -0.1) is 0 Å². The van der Waals surface area contributed by atoms with Gasteiger partial charge in [-0.3, -0.25) is 34.9 Å². The van der Waals surface area contributed by atoms with Crippen molar-refractivity contribution < 1.29 is 0 Å². The van der Waals surface area contributed by atoms with Crippen LogP contribution in [0.25, 0.3) is 76.9 Å². The van der Waals surface area contributed by atoms with Crippen LogP contribution in [0.2, 0.25) is 0 Å². The lowest BCUT2D eigenvalue weighted by Gasteiger charge is -2.02. The van der Waals surface area contributed by atoms with Crippen LogP contribution in [-0.4, -0.2) is 44.9 Å². The maximum Gasteiger partial charge on any atom is 0.116 e.